The Kier molecular flexibility index (Phi) is 5.95. The summed E-state index contributed by atoms with van der Waals surface area (Å²) >= 11 is 4.54. The Hall–Kier alpha value is -1.90. The Morgan fingerprint density at radius 2 is 2.00 bits per heavy atom. The molecule has 0 atom stereocenters. The van der Waals surface area contributed by atoms with Gasteiger partial charge in [-0.2, -0.15) is 0 Å². The topological polar surface area (TPSA) is 68.3 Å². The van der Waals surface area contributed by atoms with Gasteiger partial charge in [-0.15, -0.1) is 34.4 Å². The molecule has 1 aromatic carbocycles. The number of ether oxygens (including phenoxy) is 1. The van der Waals surface area contributed by atoms with E-state index in [1.807, 2.05) is 38.1 Å². The van der Waals surface area contributed by atoms with Gasteiger partial charge in [-0.05, 0) is 31.5 Å². The van der Waals surface area contributed by atoms with Crippen LogP contribution in [0.15, 0.2) is 24.3 Å². The molecule has 0 radical (unpaired) electrons. The lowest BCUT2D eigenvalue weighted by Gasteiger charge is -2.05. The maximum absolute atomic E-state index is 12.3. The van der Waals surface area contributed by atoms with Crippen LogP contribution in [0.25, 0.3) is 10.2 Å². The summed E-state index contributed by atoms with van der Waals surface area (Å²) in [5, 5.41) is 4.40. The van der Waals surface area contributed by atoms with Gasteiger partial charge in [0.05, 0.1) is 28.6 Å². The lowest BCUT2D eigenvalue weighted by molar-refractivity contribution is -0.113. The molecule has 0 saturated carbocycles. The Morgan fingerprint density at radius 1 is 1.23 bits per heavy atom. The van der Waals surface area contributed by atoms with Gasteiger partial charge in [-0.25, -0.2) is 9.78 Å². The van der Waals surface area contributed by atoms with E-state index in [4.69, 9.17) is 4.74 Å². The van der Waals surface area contributed by atoms with Gasteiger partial charge in [0.1, 0.15) is 10.0 Å². The molecule has 0 saturated heterocycles. The number of anilines is 1. The lowest BCUT2D eigenvalue weighted by atomic mass is 10.1. The van der Waals surface area contributed by atoms with Crippen LogP contribution >= 0.6 is 34.4 Å². The zero-order valence-corrected chi connectivity index (χ0v) is 17.1. The molecule has 0 bridgehead atoms. The fourth-order valence-electron chi connectivity index (χ4n) is 2.44. The quantitative estimate of drug-likeness (QED) is 0.604. The number of hydrogen-bond acceptors (Lipinski definition) is 7. The molecule has 0 spiro atoms. The number of rotatable bonds is 6. The van der Waals surface area contributed by atoms with Crippen molar-refractivity contribution < 1.29 is 14.3 Å². The minimum Gasteiger partial charge on any atom is -0.465 e. The summed E-state index contributed by atoms with van der Waals surface area (Å²) in [6.45, 7) is 3.78. The number of nitrogens with one attached hydrogen (secondary N) is 1. The van der Waals surface area contributed by atoms with Crippen LogP contribution in [0.4, 0.5) is 5.00 Å². The number of para-hydroxylation sites is 1. The van der Waals surface area contributed by atoms with Crippen LogP contribution in [0.2, 0.25) is 0 Å². The van der Waals surface area contributed by atoms with E-state index in [1.165, 1.54) is 30.2 Å². The van der Waals surface area contributed by atoms with E-state index < -0.39 is 5.97 Å². The molecular formula is C18H18N2O3S3. The number of methoxy groups -OCH3 is 1. The Labute approximate surface area is 163 Å². The maximum Gasteiger partial charge on any atom is 0.341 e. The second-order valence-electron chi connectivity index (χ2n) is 5.60. The van der Waals surface area contributed by atoms with Crippen molar-refractivity contribution in [1.82, 2.24) is 4.98 Å². The lowest BCUT2D eigenvalue weighted by Crippen LogP contribution is -2.16. The van der Waals surface area contributed by atoms with Crippen molar-refractivity contribution in [2.75, 3.05) is 18.2 Å². The Bertz CT molecular complexity index is 929. The number of aryl methyl sites for hydroxylation is 1. The molecule has 0 fully saturated rings. The average molecular weight is 407 g/mol. The first-order valence-electron chi connectivity index (χ1n) is 7.90. The van der Waals surface area contributed by atoms with Crippen LogP contribution in [0.5, 0.6) is 0 Å². The molecular weight excluding hydrogens is 388 g/mol. The molecule has 8 heteroatoms. The monoisotopic (exact) mass is 406 g/mol. The van der Waals surface area contributed by atoms with E-state index in [9.17, 15) is 9.59 Å². The van der Waals surface area contributed by atoms with Crippen LogP contribution in [-0.2, 0) is 15.3 Å². The zero-order chi connectivity index (χ0) is 18.7. The maximum atomic E-state index is 12.3. The molecule has 0 aliphatic carbocycles. The highest BCUT2D eigenvalue weighted by atomic mass is 32.2. The summed E-state index contributed by atoms with van der Waals surface area (Å²) in [6.07, 6.45) is 0. The van der Waals surface area contributed by atoms with E-state index in [2.05, 4.69) is 10.3 Å². The molecule has 1 amide bonds. The van der Waals surface area contributed by atoms with Gasteiger partial charge < -0.3 is 10.1 Å². The van der Waals surface area contributed by atoms with Crippen molar-refractivity contribution in [2.24, 2.45) is 0 Å². The van der Waals surface area contributed by atoms with Gasteiger partial charge in [0, 0.05) is 10.6 Å². The number of carbonyl (C=O) groups is 2. The van der Waals surface area contributed by atoms with Crippen LogP contribution in [0.3, 0.4) is 0 Å². The molecule has 2 heterocycles. The predicted octanol–water partition coefficient (Wildman–Crippen LogP) is 4.63. The molecule has 1 N–H and O–H groups in total. The molecule has 0 aliphatic rings. The standard InChI is InChI=1S/C18H18N2O3S3/c1-10-11(2)25-17(16(10)18(22)23-3)20-14(21)8-24-9-15-19-12-6-4-5-7-13(12)26-15/h4-7H,8-9H2,1-3H3,(H,20,21). The number of nitrogens with zero attached hydrogens (tertiary/aromatic N) is 1. The number of thioether (sulfide) groups is 1. The van der Waals surface area contributed by atoms with Gasteiger partial charge in [0.25, 0.3) is 0 Å². The van der Waals surface area contributed by atoms with Crippen molar-refractivity contribution in [3.05, 3.63) is 45.3 Å². The van der Waals surface area contributed by atoms with Crippen molar-refractivity contribution >= 4 is 61.5 Å². The largest absolute Gasteiger partial charge is 0.465 e. The number of benzene rings is 1. The van der Waals surface area contributed by atoms with Crippen molar-refractivity contribution in [3.8, 4) is 0 Å². The van der Waals surface area contributed by atoms with Gasteiger partial charge in [-0.3, -0.25) is 4.79 Å². The number of amides is 1. The number of hydrogen-bond donors (Lipinski definition) is 1. The van der Waals surface area contributed by atoms with Gasteiger partial charge in [0.15, 0.2) is 0 Å². The highest BCUT2D eigenvalue weighted by Crippen LogP contribution is 2.33. The molecule has 5 nitrogen and oxygen atoms in total. The Morgan fingerprint density at radius 3 is 2.73 bits per heavy atom. The van der Waals surface area contributed by atoms with E-state index in [1.54, 1.807) is 11.3 Å². The summed E-state index contributed by atoms with van der Waals surface area (Å²) in [7, 11) is 1.34. The minimum atomic E-state index is -0.427. The summed E-state index contributed by atoms with van der Waals surface area (Å²) in [5.74, 6) is 0.415. The molecule has 136 valence electrons. The Balaban J connectivity index is 1.59. The van der Waals surface area contributed by atoms with Crippen LogP contribution in [0, 0.1) is 13.8 Å². The fourth-order valence-corrected chi connectivity index (χ4v) is 5.35. The third-order valence-electron chi connectivity index (χ3n) is 3.82. The molecule has 26 heavy (non-hydrogen) atoms. The first kappa shape index (κ1) is 18.9. The summed E-state index contributed by atoms with van der Waals surface area (Å²) in [5.41, 5.74) is 2.28. The first-order chi connectivity index (χ1) is 12.5. The van der Waals surface area contributed by atoms with Crippen molar-refractivity contribution in [1.29, 1.82) is 0 Å². The highest BCUT2D eigenvalue weighted by molar-refractivity contribution is 7.99. The van der Waals surface area contributed by atoms with E-state index >= 15 is 0 Å². The van der Waals surface area contributed by atoms with Crippen molar-refractivity contribution in [3.63, 3.8) is 0 Å². The molecule has 3 rings (SSSR count). The van der Waals surface area contributed by atoms with E-state index in [-0.39, 0.29) is 5.91 Å². The van der Waals surface area contributed by atoms with Crippen LogP contribution < -0.4 is 5.32 Å². The smallest absolute Gasteiger partial charge is 0.341 e. The number of thiophene rings is 1. The predicted molar refractivity (Wildman–Crippen MR) is 110 cm³/mol. The SMILES string of the molecule is COC(=O)c1c(NC(=O)CSCc2nc3ccccc3s2)sc(C)c1C. The second kappa shape index (κ2) is 8.20. The third kappa shape index (κ3) is 4.08. The number of esters is 1. The molecule has 0 unspecified atom stereocenters. The molecule has 0 aliphatic heterocycles. The van der Waals surface area contributed by atoms with E-state index in [0.29, 0.717) is 22.1 Å². The molecule has 2 aromatic heterocycles. The fraction of sp³-hybridized carbons (Fsp3) is 0.278. The van der Waals surface area contributed by atoms with E-state index in [0.717, 1.165) is 25.7 Å². The van der Waals surface area contributed by atoms with Crippen LogP contribution in [0.1, 0.15) is 25.8 Å². The second-order valence-corrected chi connectivity index (χ2v) is 8.92. The normalized spacial score (nSPS) is 10.9. The third-order valence-corrected chi connectivity index (χ3v) is 7.11. The number of thiazole rings is 1. The van der Waals surface area contributed by atoms with Crippen LogP contribution in [-0.4, -0.2) is 29.7 Å². The molecule has 3 aromatic rings. The summed E-state index contributed by atoms with van der Waals surface area (Å²) in [6, 6.07) is 8.00. The zero-order valence-electron chi connectivity index (χ0n) is 14.6. The van der Waals surface area contributed by atoms with Gasteiger partial charge >= 0.3 is 5.97 Å². The summed E-state index contributed by atoms with van der Waals surface area (Å²) in [4.78, 5) is 29.8. The first-order valence-corrected chi connectivity index (χ1v) is 10.7. The number of carbonyl (C=O) groups excluding carboxylic acids is 2. The summed E-state index contributed by atoms with van der Waals surface area (Å²) < 4.78 is 5.98. The number of aromatic nitrogens is 1. The number of fused-ring (bicyclic) bond motifs is 1. The van der Waals surface area contributed by atoms with Crippen molar-refractivity contribution in [2.45, 2.75) is 19.6 Å². The minimum absolute atomic E-state index is 0.137. The highest BCUT2D eigenvalue weighted by Gasteiger charge is 2.21. The van der Waals surface area contributed by atoms with Gasteiger partial charge in [0.2, 0.25) is 5.91 Å². The average Bonchev–Trinajstić information content (AvgIpc) is 3.15. The van der Waals surface area contributed by atoms with Gasteiger partial charge in [-0.1, -0.05) is 12.1 Å².